The van der Waals surface area contributed by atoms with Gasteiger partial charge in [-0.05, 0) is 32.3 Å². The van der Waals surface area contributed by atoms with Gasteiger partial charge < -0.3 is 9.47 Å². The van der Waals surface area contributed by atoms with Crippen LogP contribution in [-0.2, 0) is 14.3 Å². The molecule has 124 valence electrons. The highest BCUT2D eigenvalue weighted by atomic mass is 16.7. The van der Waals surface area contributed by atoms with Crippen molar-refractivity contribution in [1.29, 1.82) is 0 Å². The van der Waals surface area contributed by atoms with E-state index < -0.39 is 5.79 Å². The van der Waals surface area contributed by atoms with Crippen LogP contribution in [0.3, 0.4) is 0 Å². The molecule has 1 unspecified atom stereocenters. The molecular formula is C19H30O3. The van der Waals surface area contributed by atoms with Crippen molar-refractivity contribution >= 4 is 5.78 Å². The average Bonchev–Trinajstić information content (AvgIpc) is 2.42. The molecule has 0 bridgehead atoms. The summed E-state index contributed by atoms with van der Waals surface area (Å²) in [6.07, 6.45) is 2.28. The van der Waals surface area contributed by atoms with E-state index in [4.69, 9.17) is 9.47 Å². The monoisotopic (exact) mass is 306 g/mol. The molecule has 4 atom stereocenters. The van der Waals surface area contributed by atoms with Crippen LogP contribution in [0.1, 0.15) is 55.4 Å². The number of allylic oxidation sites excluding steroid dienone is 2. The van der Waals surface area contributed by atoms with Gasteiger partial charge in [0.15, 0.2) is 5.78 Å². The Kier molecular flexibility index (Phi) is 4.59. The first-order valence-electron chi connectivity index (χ1n) is 8.42. The van der Waals surface area contributed by atoms with E-state index in [1.807, 2.05) is 20.8 Å². The number of ketones is 1. The molecule has 0 aromatic carbocycles. The largest absolute Gasteiger partial charge is 0.461 e. The zero-order chi connectivity index (χ0) is 16.8. The molecule has 2 heterocycles. The molecular weight excluding hydrogens is 276 g/mol. The van der Waals surface area contributed by atoms with Crippen molar-refractivity contribution in [2.24, 2.45) is 23.7 Å². The molecule has 0 saturated carbocycles. The molecule has 0 amide bonds. The molecule has 0 aromatic heterocycles. The van der Waals surface area contributed by atoms with E-state index in [9.17, 15) is 4.79 Å². The minimum atomic E-state index is -0.933. The van der Waals surface area contributed by atoms with Crippen molar-refractivity contribution in [3.63, 3.8) is 0 Å². The molecule has 0 aromatic rings. The third kappa shape index (κ3) is 2.54. The first-order valence-corrected chi connectivity index (χ1v) is 8.42. The smallest absolute Gasteiger partial charge is 0.242 e. The molecule has 22 heavy (non-hydrogen) atoms. The second-order valence-electron chi connectivity index (χ2n) is 7.53. The molecule has 2 aliphatic rings. The van der Waals surface area contributed by atoms with Gasteiger partial charge in [0.25, 0.3) is 0 Å². The van der Waals surface area contributed by atoms with Gasteiger partial charge in [0.1, 0.15) is 5.76 Å². The molecule has 0 fully saturated rings. The summed E-state index contributed by atoms with van der Waals surface area (Å²) < 4.78 is 12.8. The second-order valence-corrected chi connectivity index (χ2v) is 7.53. The van der Waals surface area contributed by atoms with Crippen molar-refractivity contribution in [3.8, 4) is 0 Å². The summed E-state index contributed by atoms with van der Waals surface area (Å²) in [5, 5.41) is 0. The highest BCUT2D eigenvalue weighted by Crippen LogP contribution is 2.47. The van der Waals surface area contributed by atoms with Crippen molar-refractivity contribution in [3.05, 3.63) is 23.0 Å². The maximum Gasteiger partial charge on any atom is 0.242 e. The number of Topliss-reactive ketones (excluding diaryl/α,β-unsaturated/α-hetero) is 1. The number of ether oxygens (including phenoxy) is 2. The van der Waals surface area contributed by atoms with Crippen LogP contribution in [0.5, 0.6) is 0 Å². The molecule has 3 heteroatoms. The predicted octanol–water partition coefficient (Wildman–Crippen LogP) is 4.49. The van der Waals surface area contributed by atoms with Crippen LogP contribution in [0.25, 0.3) is 0 Å². The van der Waals surface area contributed by atoms with Gasteiger partial charge in [0.2, 0.25) is 5.79 Å². The lowest BCUT2D eigenvalue weighted by Gasteiger charge is -2.50. The fourth-order valence-electron chi connectivity index (χ4n) is 3.80. The fourth-order valence-corrected chi connectivity index (χ4v) is 3.80. The average molecular weight is 306 g/mol. The summed E-state index contributed by atoms with van der Waals surface area (Å²) in [6, 6.07) is 0. The second kappa shape index (κ2) is 5.84. The van der Waals surface area contributed by atoms with E-state index in [2.05, 4.69) is 40.7 Å². The summed E-state index contributed by atoms with van der Waals surface area (Å²) in [4.78, 5) is 12.8. The van der Waals surface area contributed by atoms with Crippen molar-refractivity contribution in [2.75, 3.05) is 0 Å². The Hall–Kier alpha value is -1.09. The predicted molar refractivity (Wildman–Crippen MR) is 88.2 cm³/mol. The Labute approximate surface area is 134 Å². The first kappa shape index (κ1) is 17.3. The number of carbonyl (C=O) groups is 1. The van der Waals surface area contributed by atoms with Gasteiger partial charge in [0.05, 0.1) is 12.0 Å². The first-order chi connectivity index (χ1) is 10.1. The van der Waals surface area contributed by atoms with E-state index in [0.29, 0.717) is 11.8 Å². The highest BCUT2D eigenvalue weighted by molar-refractivity contribution is 5.98. The summed E-state index contributed by atoms with van der Waals surface area (Å²) in [6.45, 7) is 16.4. The fraction of sp³-hybridized carbons (Fsp3) is 0.737. The standard InChI is InChI=1S/C19H30O3/c1-10(2)17-12(5)9-13(6)19(21-17)15(8)16(20)14(7)18(22-19)11(3)4/h9-12,15,17H,1-8H3/t12-,15?,17-,19+/m1/s1. The number of hydrogen-bond donors (Lipinski definition) is 0. The van der Waals surface area contributed by atoms with E-state index in [1.165, 1.54) is 0 Å². The van der Waals surface area contributed by atoms with Gasteiger partial charge in [-0.3, -0.25) is 4.79 Å². The lowest BCUT2D eigenvalue weighted by atomic mass is 9.78. The lowest BCUT2D eigenvalue weighted by molar-refractivity contribution is -0.265. The molecule has 1 spiro atoms. The van der Waals surface area contributed by atoms with Crippen LogP contribution in [0.4, 0.5) is 0 Å². The molecule has 2 rings (SSSR count). The van der Waals surface area contributed by atoms with E-state index in [-0.39, 0.29) is 23.7 Å². The Morgan fingerprint density at radius 3 is 2.23 bits per heavy atom. The zero-order valence-electron chi connectivity index (χ0n) is 15.2. The van der Waals surface area contributed by atoms with E-state index >= 15 is 0 Å². The Morgan fingerprint density at radius 1 is 1.14 bits per heavy atom. The van der Waals surface area contributed by atoms with Crippen LogP contribution >= 0.6 is 0 Å². The van der Waals surface area contributed by atoms with Gasteiger partial charge >= 0.3 is 0 Å². The number of hydrogen-bond acceptors (Lipinski definition) is 3. The Morgan fingerprint density at radius 2 is 1.73 bits per heavy atom. The molecule has 0 N–H and O–H groups in total. The summed E-state index contributed by atoms with van der Waals surface area (Å²) in [5.74, 6) is 0.523. The Balaban J connectivity index is 2.53. The quantitative estimate of drug-likeness (QED) is 0.705. The summed E-state index contributed by atoms with van der Waals surface area (Å²) in [5.41, 5.74) is 1.76. The van der Waals surface area contributed by atoms with Crippen LogP contribution in [-0.4, -0.2) is 17.7 Å². The van der Waals surface area contributed by atoms with Crippen LogP contribution in [0.15, 0.2) is 23.0 Å². The van der Waals surface area contributed by atoms with Gasteiger partial charge in [-0.1, -0.05) is 40.7 Å². The van der Waals surface area contributed by atoms with Crippen molar-refractivity contribution in [1.82, 2.24) is 0 Å². The van der Waals surface area contributed by atoms with Gasteiger partial charge in [-0.2, -0.15) is 0 Å². The van der Waals surface area contributed by atoms with E-state index in [0.717, 1.165) is 16.9 Å². The molecule has 0 saturated heterocycles. The van der Waals surface area contributed by atoms with Gasteiger partial charge in [0, 0.05) is 17.4 Å². The minimum absolute atomic E-state index is 0.0609. The number of carbonyl (C=O) groups excluding carboxylic acids is 1. The third-order valence-electron chi connectivity index (χ3n) is 5.04. The molecule has 0 aliphatic carbocycles. The molecule has 2 aliphatic heterocycles. The third-order valence-corrected chi connectivity index (χ3v) is 5.04. The van der Waals surface area contributed by atoms with Crippen LogP contribution < -0.4 is 0 Å². The van der Waals surface area contributed by atoms with Crippen LogP contribution in [0, 0.1) is 23.7 Å². The summed E-state index contributed by atoms with van der Waals surface area (Å²) >= 11 is 0. The van der Waals surface area contributed by atoms with E-state index in [1.54, 1.807) is 0 Å². The lowest BCUT2D eigenvalue weighted by Crippen LogP contribution is -2.56. The van der Waals surface area contributed by atoms with Crippen molar-refractivity contribution in [2.45, 2.75) is 67.3 Å². The van der Waals surface area contributed by atoms with Gasteiger partial charge in [-0.15, -0.1) is 0 Å². The number of rotatable bonds is 2. The van der Waals surface area contributed by atoms with Crippen molar-refractivity contribution < 1.29 is 14.3 Å². The van der Waals surface area contributed by atoms with Crippen LogP contribution in [0.2, 0.25) is 0 Å². The molecule has 0 radical (unpaired) electrons. The molecule has 3 nitrogen and oxygen atoms in total. The SMILES string of the molecule is CC1=C[C@@H](C)[C@@H](C(C)C)O[C@]12OC(C(C)C)=C(C)C(=O)C2C. The zero-order valence-corrected chi connectivity index (χ0v) is 15.2. The summed E-state index contributed by atoms with van der Waals surface area (Å²) in [7, 11) is 0. The maximum absolute atomic E-state index is 12.8. The topological polar surface area (TPSA) is 35.5 Å². The Bertz CT molecular complexity index is 527. The van der Waals surface area contributed by atoms with Gasteiger partial charge in [-0.25, -0.2) is 0 Å². The normalized spacial score (nSPS) is 36.2. The maximum atomic E-state index is 12.8. The highest BCUT2D eigenvalue weighted by Gasteiger charge is 2.54. The minimum Gasteiger partial charge on any atom is -0.461 e.